The molecule has 14 nitrogen and oxygen atoms in total. The van der Waals surface area contributed by atoms with Crippen LogP contribution in [0, 0.1) is 0 Å². The molecule has 1 aliphatic heterocycles. The summed E-state index contributed by atoms with van der Waals surface area (Å²) < 4.78 is 57.3. The maximum Gasteiger partial charge on any atom is 0.490 e. The third kappa shape index (κ3) is 6.23. The number of fused-ring (bicyclic) bond motifs is 1. The highest BCUT2D eigenvalue weighted by atomic mass is 32.1. The summed E-state index contributed by atoms with van der Waals surface area (Å²) in [4.78, 5) is 35.8. The minimum Gasteiger partial charge on any atom is -0.496 e. The highest BCUT2D eigenvalue weighted by Crippen LogP contribution is 2.66. The number of rotatable bonds is 9. The first-order valence-electron chi connectivity index (χ1n) is 8.56. The second-order valence-electron chi connectivity index (χ2n) is 6.52. The molecule has 3 unspecified atom stereocenters. The molecule has 1 aliphatic rings. The van der Waals surface area contributed by atoms with E-state index < -0.39 is 54.5 Å². The number of phosphoric ester groups is 1. The third-order valence-corrected chi connectivity index (χ3v) is 8.97. The molecule has 1 aromatic heterocycles. The van der Waals surface area contributed by atoms with Crippen molar-refractivity contribution in [1.82, 2.24) is 0 Å². The van der Waals surface area contributed by atoms with E-state index in [9.17, 15) is 28.8 Å². The van der Waals surface area contributed by atoms with Crippen LogP contribution in [0.2, 0.25) is 0 Å². The molecule has 180 valence electrons. The summed E-state index contributed by atoms with van der Waals surface area (Å²) in [7, 11) is -15.2. The van der Waals surface area contributed by atoms with E-state index >= 15 is 0 Å². The summed E-state index contributed by atoms with van der Waals surface area (Å²) >= 11 is 1.42. The highest BCUT2D eigenvalue weighted by Gasteiger charge is 2.47. The Morgan fingerprint density at radius 3 is 2.34 bits per heavy atom. The van der Waals surface area contributed by atoms with Gasteiger partial charge in [-0.3, -0.25) is 4.52 Å². The largest absolute Gasteiger partial charge is 0.496 e. The van der Waals surface area contributed by atoms with E-state index in [-0.39, 0.29) is 0 Å². The molecule has 2 heterocycles. The van der Waals surface area contributed by atoms with Gasteiger partial charge in [-0.2, -0.15) is 8.62 Å². The fraction of sp³-hybridized carbons (Fsp3) is 0.429. The zero-order chi connectivity index (χ0) is 23.9. The van der Waals surface area contributed by atoms with Crippen LogP contribution in [0.4, 0.5) is 0 Å². The molecule has 1 aromatic carbocycles. The van der Waals surface area contributed by atoms with Crippen molar-refractivity contribution in [3.05, 3.63) is 29.1 Å². The lowest BCUT2D eigenvalue weighted by Gasteiger charge is -2.19. The van der Waals surface area contributed by atoms with Crippen molar-refractivity contribution in [2.75, 3.05) is 13.7 Å². The molecule has 0 radical (unpaired) electrons. The molecule has 0 spiro atoms. The number of aliphatic hydroxyl groups is 2. The molecule has 3 rings (SSSR count). The van der Waals surface area contributed by atoms with Crippen molar-refractivity contribution >= 4 is 44.9 Å². The second kappa shape index (κ2) is 9.49. The van der Waals surface area contributed by atoms with Gasteiger partial charge in [0.05, 0.1) is 13.7 Å². The summed E-state index contributed by atoms with van der Waals surface area (Å²) in [6.07, 6.45) is -5.59. The predicted molar refractivity (Wildman–Crippen MR) is 108 cm³/mol. The minimum atomic E-state index is -5.68. The lowest BCUT2D eigenvalue weighted by molar-refractivity contribution is -0.0227. The maximum absolute atomic E-state index is 11.9. The Balaban J connectivity index is 1.71. The van der Waals surface area contributed by atoms with E-state index in [1.165, 1.54) is 18.4 Å². The van der Waals surface area contributed by atoms with Gasteiger partial charge in [-0.15, -0.1) is 11.3 Å². The lowest BCUT2D eigenvalue weighted by atomic mass is 10.00. The first kappa shape index (κ1) is 25.9. The monoisotopic (exact) mass is 536 g/mol. The van der Waals surface area contributed by atoms with Crippen LogP contribution in [0.15, 0.2) is 23.6 Å². The number of methoxy groups -OCH3 is 1. The van der Waals surface area contributed by atoms with E-state index in [0.717, 1.165) is 10.1 Å². The molecule has 18 heteroatoms. The Morgan fingerprint density at radius 1 is 1.03 bits per heavy atom. The summed E-state index contributed by atoms with van der Waals surface area (Å²) in [5.41, 5.74) is 0.398. The predicted octanol–water partition coefficient (Wildman–Crippen LogP) is 1.41. The average Bonchev–Trinajstić information content (AvgIpc) is 3.20. The summed E-state index contributed by atoms with van der Waals surface area (Å²) in [5, 5.41) is 23.4. The van der Waals surface area contributed by atoms with Gasteiger partial charge in [-0.05, 0) is 29.0 Å². The topological polar surface area (TPSA) is 219 Å². The Labute approximate surface area is 184 Å². The standard InChI is InChI=1S/C14H19O14P3S/c1-24-9-4-7-2-3-32-11(7)5-8(9)14-13(16)12(15)10(26-14)6-25-30(20,21)28-31(22,23)27-29(17,18)19/h2-5,10,12-16H,6H2,1H3,(H,20,21)(H,22,23)(H2,17,18,19)/t10-,12?,13+,14+/m1/s1. The van der Waals surface area contributed by atoms with Gasteiger partial charge in [0.15, 0.2) is 0 Å². The zero-order valence-corrected chi connectivity index (χ0v) is 19.5. The van der Waals surface area contributed by atoms with Crippen LogP contribution in [0.25, 0.3) is 10.1 Å². The van der Waals surface area contributed by atoms with E-state index in [1.54, 1.807) is 12.1 Å². The summed E-state index contributed by atoms with van der Waals surface area (Å²) in [6, 6.07) is 5.27. The van der Waals surface area contributed by atoms with Crippen molar-refractivity contribution in [3.63, 3.8) is 0 Å². The van der Waals surface area contributed by atoms with Crippen LogP contribution >= 0.6 is 34.8 Å². The minimum absolute atomic E-state index is 0.362. The van der Waals surface area contributed by atoms with Gasteiger partial charge in [0.1, 0.15) is 30.2 Å². The molecule has 1 saturated heterocycles. The van der Waals surface area contributed by atoms with Crippen molar-refractivity contribution < 1.29 is 66.1 Å². The van der Waals surface area contributed by atoms with Gasteiger partial charge in [0.25, 0.3) is 0 Å². The molecule has 2 aromatic rings. The van der Waals surface area contributed by atoms with Crippen LogP contribution in [-0.2, 0) is 31.6 Å². The van der Waals surface area contributed by atoms with Crippen molar-refractivity contribution in [2.45, 2.75) is 24.4 Å². The molecule has 0 bridgehead atoms. The first-order chi connectivity index (χ1) is 14.7. The molecule has 6 atom stereocenters. The SMILES string of the molecule is COc1cc2ccsc2cc1[C@@H]1O[C@H](COP(=O)(O)OP(=O)(O)OP(=O)(O)O)C(O)[C@@H]1O. The number of phosphoric acid groups is 3. The zero-order valence-electron chi connectivity index (χ0n) is 16.0. The van der Waals surface area contributed by atoms with Crippen molar-refractivity contribution in [3.8, 4) is 5.75 Å². The van der Waals surface area contributed by atoms with Gasteiger partial charge in [0, 0.05) is 10.3 Å². The van der Waals surface area contributed by atoms with Gasteiger partial charge in [0.2, 0.25) is 0 Å². The summed E-state index contributed by atoms with van der Waals surface area (Å²) in [5.74, 6) is 0.362. The van der Waals surface area contributed by atoms with Crippen molar-refractivity contribution in [2.24, 2.45) is 0 Å². The lowest BCUT2D eigenvalue weighted by Crippen LogP contribution is -2.33. The molecule has 0 aliphatic carbocycles. The van der Waals surface area contributed by atoms with Crippen LogP contribution < -0.4 is 4.74 Å². The van der Waals surface area contributed by atoms with E-state index in [4.69, 9.17) is 24.2 Å². The normalized spacial score (nSPS) is 27.8. The number of aliphatic hydroxyl groups excluding tert-OH is 2. The van der Waals surface area contributed by atoms with Crippen LogP contribution in [0.5, 0.6) is 5.75 Å². The van der Waals surface area contributed by atoms with Gasteiger partial charge in [-0.1, -0.05) is 0 Å². The molecule has 32 heavy (non-hydrogen) atoms. The fourth-order valence-corrected chi connectivity index (χ4v) is 6.87. The van der Waals surface area contributed by atoms with E-state index in [0.29, 0.717) is 11.3 Å². The van der Waals surface area contributed by atoms with Gasteiger partial charge >= 0.3 is 23.5 Å². The quantitative estimate of drug-likeness (QED) is 0.250. The van der Waals surface area contributed by atoms with Crippen LogP contribution in [-0.4, -0.2) is 61.8 Å². The molecule has 0 amide bonds. The number of benzene rings is 1. The Kier molecular flexibility index (Phi) is 7.68. The second-order valence-corrected chi connectivity index (χ2v) is 11.9. The van der Waals surface area contributed by atoms with Gasteiger partial charge in [-0.25, -0.2) is 13.7 Å². The van der Waals surface area contributed by atoms with E-state index in [2.05, 4.69) is 13.1 Å². The summed E-state index contributed by atoms with van der Waals surface area (Å²) in [6.45, 7) is -0.901. The third-order valence-electron chi connectivity index (χ3n) is 4.29. The van der Waals surface area contributed by atoms with Gasteiger partial charge < -0.3 is 39.3 Å². The molecule has 6 N–H and O–H groups in total. The van der Waals surface area contributed by atoms with Crippen LogP contribution in [0.3, 0.4) is 0 Å². The molecular weight excluding hydrogens is 517 g/mol. The molecule has 1 fully saturated rings. The Hall–Kier alpha value is -0.730. The number of hydrogen-bond donors (Lipinski definition) is 6. The van der Waals surface area contributed by atoms with Crippen molar-refractivity contribution in [1.29, 1.82) is 0 Å². The Bertz CT molecular complexity index is 1110. The van der Waals surface area contributed by atoms with Crippen LogP contribution in [0.1, 0.15) is 11.7 Å². The number of thiophene rings is 1. The average molecular weight is 536 g/mol. The molecular formula is C14H19O14P3S. The molecule has 0 saturated carbocycles. The van der Waals surface area contributed by atoms with E-state index in [1.807, 2.05) is 11.4 Å². The number of hydrogen-bond acceptors (Lipinski definition) is 11. The smallest absolute Gasteiger partial charge is 0.490 e. The Morgan fingerprint density at radius 2 is 1.72 bits per heavy atom. The number of ether oxygens (including phenoxy) is 2. The highest BCUT2D eigenvalue weighted by molar-refractivity contribution is 7.66. The first-order valence-corrected chi connectivity index (χ1v) is 14.0. The fourth-order valence-electron chi connectivity index (χ4n) is 3.02. The maximum atomic E-state index is 11.9.